The number of likely N-dealkylation sites (tertiary alicyclic amines) is 1. The summed E-state index contributed by atoms with van der Waals surface area (Å²) in [4.78, 5) is 21.7. The number of carbonyl (C=O) groups is 1. The fourth-order valence-electron chi connectivity index (χ4n) is 3.71. The molecule has 1 atom stereocenters. The van der Waals surface area contributed by atoms with Crippen LogP contribution in [0.3, 0.4) is 0 Å². The maximum Gasteiger partial charge on any atom is 0.417 e. The summed E-state index contributed by atoms with van der Waals surface area (Å²) in [7, 11) is 1.69. The van der Waals surface area contributed by atoms with E-state index in [-0.39, 0.29) is 47.8 Å². The van der Waals surface area contributed by atoms with Gasteiger partial charge in [-0.3, -0.25) is 9.79 Å². The van der Waals surface area contributed by atoms with Crippen molar-refractivity contribution in [1.29, 1.82) is 0 Å². The number of guanidine groups is 1. The summed E-state index contributed by atoms with van der Waals surface area (Å²) < 4.78 is 43.0. The first-order valence-electron chi connectivity index (χ1n) is 9.20. The molecule has 1 aromatic heterocycles. The van der Waals surface area contributed by atoms with Gasteiger partial charge in [0.05, 0.1) is 12.1 Å². The first kappa shape index (κ1) is 23.5. The summed E-state index contributed by atoms with van der Waals surface area (Å²) in [6, 6.07) is 2.15. The first-order chi connectivity index (χ1) is 13.3. The predicted octanol–water partition coefficient (Wildman–Crippen LogP) is 2.27. The van der Waals surface area contributed by atoms with E-state index in [4.69, 9.17) is 4.74 Å². The number of aliphatic imine (C=N–C) groups is 1. The quantitative estimate of drug-likeness (QED) is 0.272. The van der Waals surface area contributed by atoms with Crippen molar-refractivity contribution >= 4 is 35.8 Å². The minimum atomic E-state index is -4.41. The van der Waals surface area contributed by atoms with Crippen LogP contribution in [-0.4, -0.2) is 61.6 Å². The minimum Gasteiger partial charge on any atom is -0.476 e. The third-order valence-electron chi connectivity index (χ3n) is 5.07. The summed E-state index contributed by atoms with van der Waals surface area (Å²) in [5.74, 6) is 0.960. The molecule has 2 fully saturated rings. The van der Waals surface area contributed by atoms with Crippen molar-refractivity contribution in [2.24, 2.45) is 10.4 Å². The molecule has 11 heteroatoms. The Morgan fingerprint density at radius 1 is 1.45 bits per heavy atom. The lowest BCUT2D eigenvalue weighted by Gasteiger charge is -2.40. The second kappa shape index (κ2) is 9.81. The third-order valence-corrected chi connectivity index (χ3v) is 5.07. The molecule has 0 aromatic carbocycles. The van der Waals surface area contributed by atoms with Crippen molar-refractivity contribution in [1.82, 2.24) is 20.5 Å². The average molecular weight is 527 g/mol. The predicted molar refractivity (Wildman–Crippen MR) is 112 cm³/mol. The average Bonchev–Trinajstić information content (AvgIpc) is 3.01. The Hall–Kier alpha value is -1.79. The second-order valence-corrected chi connectivity index (χ2v) is 7.18. The van der Waals surface area contributed by atoms with E-state index >= 15 is 0 Å². The van der Waals surface area contributed by atoms with Crippen LogP contribution in [0, 0.1) is 5.41 Å². The number of pyridine rings is 1. The van der Waals surface area contributed by atoms with Gasteiger partial charge in [0.2, 0.25) is 11.8 Å². The van der Waals surface area contributed by atoms with E-state index < -0.39 is 11.7 Å². The second-order valence-electron chi connectivity index (χ2n) is 7.18. The highest BCUT2D eigenvalue weighted by Crippen LogP contribution is 2.36. The fraction of sp³-hybridized carbons (Fsp3) is 0.611. The molecule has 3 rings (SSSR count). The number of hydrogen-bond donors (Lipinski definition) is 2. The van der Waals surface area contributed by atoms with E-state index in [1.54, 1.807) is 7.05 Å². The maximum absolute atomic E-state index is 12.5. The van der Waals surface area contributed by atoms with Crippen molar-refractivity contribution in [3.05, 3.63) is 23.9 Å². The number of ether oxygens (including phenoxy) is 1. The van der Waals surface area contributed by atoms with Crippen molar-refractivity contribution < 1.29 is 22.7 Å². The van der Waals surface area contributed by atoms with E-state index in [1.807, 2.05) is 0 Å². The van der Waals surface area contributed by atoms with Gasteiger partial charge < -0.3 is 20.3 Å². The topological polar surface area (TPSA) is 78.9 Å². The Kier molecular flexibility index (Phi) is 7.94. The van der Waals surface area contributed by atoms with Crippen LogP contribution in [0.25, 0.3) is 0 Å². The number of carbonyl (C=O) groups excluding carboxylic acids is 1. The van der Waals surface area contributed by atoms with Crippen LogP contribution >= 0.6 is 24.0 Å². The van der Waals surface area contributed by atoms with Gasteiger partial charge in [-0.05, 0) is 18.9 Å². The van der Waals surface area contributed by atoms with Crippen LogP contribution < -0.4 is 15.4 Å². The molecule has 1 unspecified atom stereocenters. The lowest BCUT2D eigenvalue weighted by atomic mass is 9.79. The Bertz CT molecular complexity index is 729. The fourth-order valence-corrected chi connectivity index (χ4v) is 3.71. The molecule has 7 nitrogen and oxygen atoms in total. The molecule has 29 heavy (non-hydrogen) atoms. The molecule has 1 aromatic rings. The lowest BCUT2D eigenvalue weighted by molar-refractivity contribution is -0.137. The Labute approximate surface area is 184 Å². The van der Waals surface area contributed by atoms with Crippen molar-refractivity contribution in [2.45, 2.75) is 25.4 Å². The van der Waals surface area contributed by atoms with Gasteiger partial charge in [0.25, 0.3) is 0 Å². The molecule has 0 aliphatic carbocycles. The molecular formula is C18H25F3IN5O2. The van der Waals surface area contributed by atoms with Gasteiger partial charge in [0, 0.05) is 50.8 Å². The monoisotopic (exact) mass is 527 g/mol. The molecule has 162 valence electrons. The van der Waals surface area contributed by atoms with Gasteiger partial charge >= 0.3 is 6.18 Å². The highest BCUT2D eigenvalue weighted by atomic mass is 127. The van der Waals surface area contributed by atoms with Gasteiger partial charge in [0.1, 0.15) is 6.61 Å². The number of hydrogen-bond acceptors (Lipinski definition) is 4. The normalized spacial score (nSPS) is 22.3. The number of piperidine rings is 1. The van der Waals surface area contributed by atoms with Crippen LogP contribution in [0.4, 0.5) is 13.2 Å². The summed E-state index contributed by atoms with van der Waals surface area (Å²) in [6.07, 6.45) is -1.11. The van der Waals surface area contributed by atoms with Crippen LogP contribution in [0.1, 0.15) is 24.8 Å². The molecular weight excluding hydrogens is 502 g/mol. The zero-order chi connectivity index (χ0) is 20.2. The zero-order valence-corrected chi connectivity index (χ0v) is 18.4. The van der Waals surface area contributed by atoms with E-state index in [1.165, 1.54) is 6.07 Å². The molecule has 0 saturated carbocycles. The third kappa shape index (κ3) is 6.09. The number of nitrogens with one attached hydrogen (secondary N) is 2. The molecule has 2 saturated heterocycles. The molecule has 2 aliphatic heterocycles. The highest BCUT2D eigenvalue weighted by Gasteiger charge is 2.42. The van der Waals surface area contributed by atoms with Crippen molar-refractivity contribution in [3.63, 3.8) is 0 Å². The zero-order valence-electron chi connectivity index (χ0n) is 16.1. The van der Waals surface area contributed by atoms with E-state index in [2.05, 4.69) is 25.5 Å². The molecule has 2 N–H and O–H groups in total. The first-order valence-corrected chi connectivity index (χ1v) is 9.20. The van der Waals surface area contributed by atoms with Crippen LogP contribution in [0.5, 0.6) is 5.88 Å². The molecule has 0 radical (unpaired) electrons. The van der Waals surface area contributed by atoms with E-state index in [9.17, 15) is 18.0 Å². The number of rotatable bonds is 4. The van der Waals surface area contributed by atoms with Gasteiger partial charge in [-0.15, -0.1) is 24.0 Å². The van der Waals surface area contributed by atoms with Gasteiger partial charge in [0.15, 0.2) is 5.96 Å². The van der Waals surface area contributed by atoms with Crippen LogP contribution in [-0.2, 0) is 11.0 Å². The number of nitrogens with zero attached hydrogens (tertiary/aromatic N) is 3. The van der Waals surface area contributed by atoms with Crippen LogP contribution in [0.2, 0.25) is 0 Å². The standard InChI is InChI=1S/C18H24F3N5O2.HI/c1-22-16(26-7-2-5-17(12-26)9-14(27)25-11-17)23-6-8-28-15-4-3-13(10-24-15)18(19,20)21;/h3-4,10H,2,5-9,11-12H2,1H3,(H,22,23)(H,25,27);1H. The number of amides is 1. The number of halogens is 4. The largest absolute Gasteiger partial charge is 0.476 e. The van der Waals surface area contributed by atoms with Crippen LogP contribution in [0.15, 0.2) is 23.3 Å². The summed E-state index contributed by atoms with van der Waals surface area (Å²) in [5, 5.41) is 6.12. The molecule has 1 spiro atoms. The van der Waals surface area contributed by atoms with Gasteiger partial charge in [-0.2, -0.15) is 13.2 Å². The molecule has 0 bridgehead atoms. The lowest BCUT2D eigenvalue weighted by Crippen LogP contribution is -2.51. The smallest absolute Gasteiger partial charge is 0.417 e. The minimum absolute atomic E-state index is 0. The van der Waals surface area contributed by atoms with Gasteiger partial charge in [-0.25, -0.2) is 4.98 Å². The number of alkyl halides is 3. The molecule has 1 amide bonds. The Morgan fingerprint density at radius 3 is 2.83 bits per heavy atom. The van der Waals surface area contributed by atoms with E-state index in [0.29, 0.717) is 19.5 Å². The summed E-state index contributed by atoms with van der Waals surface area (Å²) in [5.41, 5.74) is -0.842. The van der Waals surface area contributed by atoms with Crippen molar-refractivity contribution in [2.75, 3.05) is 39.8 Å². The molecule has 2 aliphatic rings. The van der Waals surface area contributed by atoms with Crippen molar-refractivity contribution in [3.8, 4) is 5.88 Å². The Balaban J connectivity index is 0.00000300. The Morgan fingerprint density at radius 2 is 2.24 bits per heavy atom. The maximum atomic E-state index is 12.5. The summed E-state index contributed by atoms with van der Waals surface area (Å²) in [6.45, 7) is 2.97. The number of aromatic nitrogens is 1. The van der Waals surface area contributed by atoms with E-state index in [0.717, 1.165) is 44.2 Å². The molecule has 3 heterocycles. The summed E-state index contributed by atoms with van der Waals surface area (Å²) >= 11 is 0. The SMILES string of the molecule is CN=C(NCCOc1ccc(C(F)(F)F)cn1)N1CCCC2(CNC(=O)C2)C1.I. The highest BCUT2D eigenvalue weighted by molar-refractivity contribution is 14.0. The van der Waals surface area contributed by atoms with Gasteiger partial charge in [-0.1, -0.05) is 0 Å².